The van der Waals surface area contributed by atoms with Gasteiger partial charge in [0, 0.05) is 13.1 Å². The van der Waals surface area contributed by atoms with Gasteiger partial charge < -0.3 is 10.0 Å². The van der Waals surface area contributed by atoms with E-state index in [1.54, 1.807) is 12.1 Å². The van der Waals surface area contributed by atoms with Crippen LogP contribution in [0.1, 0.15) is 43.0 Å². The van der Waals surface area contributed by atoms with Crippen LogP contribution in [0.4, 0.5) is 4.39 Å². The van der Waals surface area contributed by atoms with Crippen molar-refractivity contribution in [1.82, 2.24) is 4.90 Å². The van der Waals surface area contributed by atoms with Gasteiger partial charge in [-0.05, 0) is 34.5 Å². The maximum absolute atomic E-state index is 13.9. The summed E-state index contributed by atoms with van der Waals surface area (Å²) < 4.78 is 14.2. The Morgan fingerprint density at radius 2 is 2.05 bits per heavy atom. The number of amides is 1. The second kappa shape index (κ2) is 9.08. The van der Waals surface area contributed by atoms with E-state index in [9.17, 15) is 9.18 Å². The molecule has 3 nitrogen and oxygen atoms in total. The molecule has 1 amide bonds. The number of nitrogens with zero attached hydrogens (tertiary/aromatic N) is 1. The summed E-state index contributed by atoms with van der Waals surface area (Å²) in [4.78, 5) is 13.8. The first-order valence-electron chi connectivity index (χ1n) is 6.96. The normalized spacial score (nSPS) is 10.6. The van der Waals surface area contributed by atoms with E-state index in [4.69, 9.17) is 5.11 Å². The van der Waals surface area contributed by atoms with Crippen LogP contribution in [-0.2, 0) is 0 Å². The van der Waals surface area contributed by atoms with E-state index < -0.39 is 5.82 Å². The number of hydrogen-bond acceptors (Lipinski definition) is 2. The van der Waals surface area contributed by atoms with E-state index in [1.807, 2.05) is 0 Å². The average molecular weight is 346 g/mol. The summed E-state index contributed by atoms with van der Waals surface area (Å²) in [5.41, 5.74) is 0.0447. The van der Waals surface area contributed by atoms with Crippen molar-refractivity contribution >= 4 is 21.8 Å². The van der Waals surface area contributed by atoms with Crippen molar-refractivity contribution < 1.29 is 14.3 Å². The molecule has 0 aliphatic rings. The topological polar surface area (TPSA) is 40.5 Å². The summed E-state index contributed by atoms with van der Waals surface area (Å²) in [6.45, 7) is 2.78. The quantitative estimate of drug-likeness (QED) is 0.731. The van der Waals surface area contributed by atoms with Gasteiger partial charge in [0.15, 0.2) is 0 Å². The van der Waals surface area contributed by atoms with Crippen molar-refractivity contribution in [2.75, 3.05) is 19.7 Å². The van der Waals surface area contributed by atoms with Crippen LogP contribution in [0.25, 0.3) is 0 Å². The largest absolute Gasteiger partial charge is 0.395 e. The Hall–Kier alpha value is -0.940. The number of aliphatic hydroxyl groups excluding tert-OH is 1. The average Bonchev–Trinajstić information content (AvgIpc) is 2.44. The molecule has 20 heavy (non-hydrogen) atoms. The first-order chi connectivity index (χ1) is 9.61. The van der Waals surface area contributed by atoms with Gasteiger partial charge in [-0.3, -0.25) is 4.79 Å². The zero-order chi connectivity index (χ0) is 15.0. The third-order valence-electron chi connectivity index (χ3n) is 3.12. The number of hydrogen-bond donors (Lipinski definition) is 1. The van der Waals surface area contributed by atoms with Crippen LogP contribution in [0.15, 0.2) is 22.7 Å². The molecule has 0 atom stereocenters. The fourth-order valence-electron chi connectivity index (χ4n) is 2.00. The molecule has 0 aliphatic carbocycles. The summed E-state index contributed by atoms with van der Waals surface area (Å²) in [7, 11) is 0. The van der Waals surface area contributed by atoms with Crippen molar-refractivity contribution in [3.8, 4) is 0 Å². The van der Waals surface area contributed by atoms with E-state index in [0.29, 0.717) is 6.54 Å². The highest BCUT2D eigenvalue weighted by molar-refractivity contribution is 9.10. The first-order valence-corrected chi connectivity index (χ1v) is 7.75. The zero-order valence-electron chi connectivity index (χ0n) is 11.7. The number of rotatable bonds is 8. The minimum atomic E-state index is -0.547. The van der Waals surface area contributed by atoms with Crippen molar-refractivity contribution in [1.29, 1.82) is 0 Å². The van der Waals surface area contributed by atoms with Crippen molar-refractivity contribution in [2.24, 2.45) is 0 Å². The van der Waals surface area contributed by atoms with E-state index in [1.165, 1.54) is 11.0 Å². The van der Waals surface area contributed by atoms with Gasteiger partial charge in [0.05, 0.1) is 16.6 Å². The van der Waals surface area contributed by atoms with Gasteiger partial charge in [-0.15, -0.1) is 0 Å². The fourth-order valence-corrected chi connectivity index (χ4v) is 2.37. The van der Waals surface area contributed by atoms with Crippen LogP contribution in [0.2, 0.25) is 0 Å². The minimum Gasteiger partial charge on any atom is -0.395 e. The first kappa shape index (κ1) is 17.1. The molecular weight excluding hydrogens is 325 g/mol. The highest BCUT2D eigenvalue weighted by Gasteiger charge is 2.19. The lowest BCUT2D eigenvalue weighted by Gasteiger charge is -2.22. The second-order valence-corrected chi connectivity index (χ2v) is 5.53. The highest BCUT2D eigenvalue weighted by atomic mass is 79.9. The van der Waals surface area contributed by atoms with Crippen molar-refractivity contribution in [2.45, 2.75) is 32.6 Å². The predicted molar refractivity (Wildman–Crippen MR) is 81.2 cm³/mol. The molecule has 0 unspecified atom stereocenters. The molecule has 1 aromatic carbocycles. The summed E-state index contributed by atoms with van der Waals surface area (Å²) >= 11 is 3.08. The molecule has 1 N–H and O–H groups in total. The van der Waals surface area contributed by atoms with Crippen LogP contribution in [-0.4, -0.2) is 35.6 Å². The van der Waals surface area contributed by atoms with E-state index in [2.05, 4.69) is 22.9 Å². The molecule has 0 aliphatic heterocycles. The Kier molecular flexibility index (Phi) is 7.77. The lowest BCUT2D eigenvalue weighted by molar-refractivity contribution is 0.0713. The molecule has 0 saturated carbocycles. The molecule has 112 valence electrons. The molecule has 1 aromatic rings. The third kappa shape index (κ3) is 4.87. The molecule has 1 rings (SSSR count). The van der Waals surface area contributed by atoms with Crippen molar-refractivity contribution in [3.05, 3.63) is 34.1 Å². The molecule has 0 fully saturated rings. The Labute approximate surface area is 127 Å². The van der Waals surface area contributed by atoms with Gasteiger partial charge in [0.2, 0.25) is 0 Å². The molecule has 0 bridgehead atoms. The number of carbonyl (C=O) groups excluding carboxylic acids is 1. The Morgan fingerprint density at radius 1 is 1.30 bits per heavy atom. The SMILES string of the molecule is CCCCCCN(CCO)C(=O)c1cccc(Br)c1F. The molecule has 5 heteroatoms. The van der Waals surface area contributed by atoms with Gasteiger partial charge in [-0.25, -0.2) is 4.39 Å². The van der Waals surface area contributed by atoms with E-state index >= 15 is 0 Å². The molecule has 0 saturated heterocycles. The minimum absolute atomic E-state index is 0.0447. The maximum atomic E-state index is 13.9. The molecule has 0 heterocycles. The monoisotopic (exact) mass is 345 g/mol. The predicted octanol–water partition coefficient (Wildman–Crippen LogP) is 3.60. The van der Waals surface area contributed by atoms with Crippen LogP contribution in [0, 0.1) is 5.82 Å². The second-order valence-electron chi connectivity index (χ2n) is 4.68. The van der Waals surface area contributed by atoms with Crippen molar-refractivity contribution in [3.63, 3.8) is 0 Å². The summed E-state index contributed by atoms with van der Waals surface area (Å²) in [6.07, 6.45) is 4.14. The zero-order valence-corrected chi connectivity index (χ0v) is 13.3. The Bertz CT molecular complexity index is 440. The lowest BCUT2D eigenvalue weighted by atomic mass is 10.1. The Morgan fingerprint density at radius 3 is 2.70 bits per heavy atom. The number of benzene rings is 1. The van der Waals surface area contributed by atoms with E-state index in [0.717, 1.165) is 25.7 Å². The van der Waals surface area contributed by atoms with Gasteiger partial charge in [0.1, 0.15) is 5.82 Å². The molecule has 0 radical (unpaired) electrons. The maximum Gasteiger partial charge on any atom is 0.256 e. The van der Waals surface area contributed by atoms with Crippen LogP contribution >= 0.6 is 15.9 Å². The van der Waals surface area contributed by atoms with Crippen LogP contribution in [0.5, 0.6) is 0 Å². The van der Waals surface area contributed by atoms with Gasteiger partial charge in [-0.2, -0.15) is 0 Å². The van der Waals surface area contributed by atoms with Crippen LogP contribution in [0.3, 0.4) is 0 Å². The smallest absolute Gasteiger partial charge is 0.256 e. The number of unbranched alkanes of at least 4 members (excludes halogenated alkanes) is 3. The number of halogens is 2. The number of aliphatic hydroxyl groups is 1. The summed E-state index contributed by atoms with van der Waals surface area (Å²) in [5.74, 6) is -0.914. The number of carbonyl (C=O) groups is 1. The van der Waals surface area contributed by atoms with E-state index in [-0.39, 0.29) is 29.1 Å². The van der Waals surface area contributed by atoms with Gasteiger partial charge >= 0.3 is 0 Å². The van der Waals surface area contributed by atoms with Gasteiger partial charge in [0.25, 0.3) is 5.91 Å². The Balaban J connectivity index is 2.74. The summed E-state index contributed by atoms with van der Waals surface area (Å²) in [5, 5.41) is 9.06. The fraction of sp³-hybridized carbons (Fsp3) is 0.533. The van der Waals surface area contributed by atoms with Gasteiger partial charge in [-0.1, -0.05) is 32.3 Å². The molecule has 0 spiro atoms. The van der Waals surface area contributed by atoms with Crippen LogP contribution < -0.4 is 0 Å². The lowest BCUT2D eigenvalue weighted by Crippen LogP contribution is -2.35. The highest BCUT2D eigenvalue weighted by Crippen LogP contribution is 2.20. The summed E-state index contributed by atoms with van der Waals surface area (Å²) in [6, 6.07) is 4.66. The third-order valence-corrected chi connectivity index (χ3v) is 3.73. The molecule has 0 aromatic heterocycles. The molecular formula is C15H21BrFNO2. The standard InChI is InChI=1S/C15H21BrFNO2/c1-2-3-4-5-9-18(10-11-19)15(20)12-7-6-8-13(16)14(12)17/h6-8,19H,2-5,9-11H2,1H3.